The summed E-state index contributed by atoms with van der Waals surface area (Å²) >= 11 is 0. The topological polar surface area (TPSA) is 91.8 Å². The van der Waals surface area contributed by atoms with Crippen LogP contribution in [-0.2, 0) is 0 Å². The molecule has 0 spiro atoms. The van der Waals surface area contributed by atoms with Gasteiger partial charge in [0.05, 0.1) is 16.6 Å². The highest BCUT2D eigenvalue weighted by molar-refractivity contribution is 6.01. The summed E-state index contributed by atoms with van der Waals surface area (Å²) in [5.41, 5.74) is 1.99. The van der Waals surface area contributed by atoms with Gasteiger partial charge in [-0.1, -0.05) is 6.07 Å². The van der Waals surface area contributed by atoms with E-state index in [2.05, 4.69) is 19.9 Å². The quantitative estimate of drug-likeness (QED) is 0.711. The van der Waals surface area contributed by atoms with Crippen LogP contribution in [0.25, 0.3) is 22.4 Å². The Bertz CT molecular complexity index is 721. The highest BCUT2D eigenvalue weighted by Gasteiger charge is 2.13. The molecular formula is C12H8N4O2. The summed E-state index contributed by atoms with van der Waals surface area (Å²) in [6.45, 7) is 0. The van der Waals surface area contributed by atoms with Crippen molar-refractivity contribution in [3.8, 4) is 11.4 Å². The standard InChI is InChI=1S/C12H8N4O2/c17-12(18)8-2-1-3-9-10(8)16-11(15-9)7-4-13-6-14-5-7/h1-6H,(H,15,16)(H,17,18). The Morgan fingerprint density at radius 3 is 2.72 bits per heavy atom. The lowest BCUT2D eigenvalue weighted by molar-refractivity contribution is 0.0699. The number of aromatic carboxylic acids is 1. The first-order chi connectivity index (χ1) is 8.75. The molecule has 0 saturated heterocycles. The monoisotopic (exact) mass is 240 g/mol. The molecule has 3 rings (SSSR count). The average molecular weight is 240 g/mol. The van der Waals surface area contributed by atoms with Gasteiger partial charge in [0.1, 0.15) is 17.7 Å². The molecular weight excluding hydrogens is 232 g/mol. The van der Waals surface area contributed by atoms with Crippen LogP contribution >= 0.6 is 0 Å². The second-order valence-corrected chi connectivity index (χ2v) is 3.72. The molecule has 0 aliphatic rings. The molecule has 0 unspecified atom stereocenters. The number of carboxylic acid groups (broad SMARTS) is 1. The van der Waals surface area contributed by atoms with Crippen LogP contribution in [0, 0.1) is 0 Å². The Hall–Kier alpha value is -2.76. The first-order valence-corrected chi connectivity index (χ1v) is 5.23. The molecule has 6 heteroatoms. The Morgan fingerprint density at radius 2 is 2.00 bits per heavy atom. The zero-order valence-electron chi connectivity index (χ0n) is 9.16. The minimum Gasteiger partial charge on any atom is -0.478 e. The maximum absolute atomic E-state index is 11.1. The molecule has 0 fully saturated rings. The number of aromatic nitrogens is 4. The maximum Gasteiger partial charge on any atom is 0.337 e. The van der Waals surface area contributed by atoms with E-state index in [0.29, 0.717) is 22.4 Å². The molecule has 0 radical (unpaired) electrons. The molecule has 0 saturated carbocycles. The van der Waals surface area contributed by atoms with Crippen molar-refractivity contribution in [1.29, 1.82) is 0 Å². The normalized spacial score (nSPS) is 10.7. The van der Waals surface area contributed by atoms with E-state index in [4.69, 9.17) is 5.11 Å². The van der Waals surface area contributed by atoms with Gasteiger partial charge in [-0.3, -0.25) is 0 Å². The van der Waals surface area contributed by atoms with Gasteiger partial charge in [0, 0.05) is 12.4 Å². The van der Waals surface area contributed by atoms with Gasteiger partial charge in [0.2, 0.25) is 0 Å². The van der Waals surface area contributed by atoms with Crippen LogP contribution in [0.5, 0.6) is 0 Å². The number of imidazole rings is 1. The van der Waals surface area contributed by atoms with Crippen molar-refractivity contribution in [3.63, 3.8) is 0 Å². The van der Waals surface area contributed by atoms with Crippen LogP contribution in [0.2, 0.25) is 0 Å². The number of H-pyrrole nitrogens is 1. The lowest BCUT2D eigenvalue weighted by Gasteiger charge is -1.93. The third-order valence-corrected chi connectivity index (χ3v) is 2.58. The van der Waals surface area contributed by atoms with Crippen LogP contribution in [0.3, 0.4) is 0 Å². The van der Waals surface area contributed by atoms with Crippen LogP contribution in [0.4, 0.5) is 0 Å². The van der Waals surface area contributed by atoms with Crippen molar-refractivity contribution >= 4 is 17.0 Å². The Labute approximate surface area is 101 Å². The fourth-order valence-electron chi connectivity index (χ4n) is 1.76. The minimum atomic E-state index is -0.997. The van der Waals surface area contributed by atoms with Gasteiger partial charge in [-0.05, 0) is 12.1 Å². The highest BCUT2D eigenvalue weighted by atomic mass is 16.4. The number of aromatic amines is 1. The molecule has 88 valence electrons. The third-order valence-electron chi connectivity index (χ3n) is 2.58. The van der Waals surface area contributed by atoms with Crippen LogP contribution in [0.1, 0.15) is 10.4 Å². The fourth-order valence-corrected chi connectivity index (χ4v) is 1.76. The number of benzene rings is 1. The van der Waals surface area contributed by atoms with E-state index >= 15 is 0 Å². The lowest BCUT2D eigenvalue weighted by atomic mass is 10.2. The van der Waals surface area contributed by atoms with Crippen molar-refractivity contribution < 1.29 is 9.90 Å². The lowest BCUT2D eigenvalue weighted by Crippen LogP contribution is -1.96. The summed E-state index contributed by atoms with van der Waals surface area (Å²) in [5, 5.41) is 9.08. The van der Waals surface area contributed by atoms with Crippen LogP contribution in [0.15, 0.2) is 36.9 Å². The number of nitrogens with one attached hydrogen (secondary N) is 1. The Balaban J connectivity index is 2.23. The number of carboxylic acids is 1. The van der Waals surface area contributed by atoms with Gasteiger partial charge >= 0.3 is 5.97 Å². The summed E-state index contributed by atoms with van der Waals surface area (Å²) in [6.07, 6.45) is 4.66. The summed E-state index contributed by atoms with van der Waals surface area (Å²) in [6, 6.07) is 4.98. The molecule has 1 aromatic carbocycles. The largest absolute Gasteiger partial charge is 0.478 e. The van der Waals surface area contributed by atoms with Crippen molar-refractivity contribution in [2.45, 2.75) is 0 Å². The first kappa shape index (κ1) is 10.4. The predicted octanol–water partition coefficient (Wildman–Crippen LogP) is 1.72. The molecule has 6 nitrogen and oxygen atoms in total. The second-order valence-electron chi connectivity index (χ2n) is 3.72. The van der Waals surface area contributed by atoms with Gasteiger partial charge in [0.25, 0.3) is 0 Å². The molecule has 2 aromatic heterocycles. The van der Waals surface area contributed by atoms with E-state index in [-0.39, 0.29) is 5.56 Å². The minimum absolute atomic E-state index is 0.173. The van der Waals surface area contributed by atoms with E-state index in [1.54, 1.807) is 24.5 Å². The van der Waals surface area contributed by atoms with E-state index in [0.717, 1.165) is 0 Å². The van der Waals surface area contributed by atoms with Gasteiger partial charge < -0.3 is 10.1 Å². The molecule has 0 bridgehead atoms. The molecule has 0 atom stereocenters. The maximum atomic E-state index is 11.1. The molecule has 0 amide bonds. The fraction of sp³-hybridized carbons (Fsp3) is 0. The van der Waals surface area contributed by atoms with Crippen molar-refractivity contribution in [2.24, 2.45) is 0 Å². The van der Waals surface area contributed by atoms with Crippen molar-refractivity contribution in [1.82, 2.24) is 19.9 Å². The Morgan fingerprint density at radius 1 is 1.22 bits per heavy atom. The summed E-state index contributed by atoms with van der Waals surface area (Å²) < 4.78 is 0. The molecule has 0 aliphatic heterocycles. The van der Waals surface area contributed by atoms with Crippen molar-refractivity contribution in [2.75, 3.05) is 0 Å². The first-order valence-electron chi connectivity index (χ1n) is 5.23. The van der Waals surface area contributed by atoms with Crippen LogP contribution < -0.4 is 0 Å². The van der Waals surface area contributed by atoms with Crippen LogP contribution in [-0.4, -0.2) is 31.0 Å². The van der Waals surface area contributed by atoms with E-state index in [1.165, 1.54) is 12.4 Å². The zero-order chi connectivity index (χ0) is 12.5. The average Bonchev–Trinajstić information content (AvgIpc) is 2.83. The number of hydrogen-bond donors (Lipinski definition) is 2. The third kappa shape index (κ3) is 1.60. The number of nitrogens with zero attached hydrogens (tertiary/aromatic N) is 3. The van der Waals surface area contributed by atoms with Gasteiger partial charge in [-0.25, -0.2) is 19.7 Å². The number of para-hydroxylation sites is 1. The predicted molar refractivity (Wildman–Crippen MR) is 64.1 cm³/mol. The molecule has 3 aromatic rings. The zero-order valence-corrected chi connectivity index (χ0v) is 9.16. The van der Waals surface area contributed by atoms with Crippen molar-refractivity contribution in [3.05, 3.63) is 42.5 Å². The number of rotatable bonds is 2. The highest BCUT2D eigenvalue weighted by Crippen LogP contribution is 2.21. The van der Waals surface area contributed by atoms with E-state index in [9.17, 15) is 4.79 Å². The smallest absolute Gasteiger partial charge is 0.337 e. The number of hydrogen-bond acceptors (Lipinski definition) is 4. The summed E-state index contributed by atoms with van der Waals surface area (Å²) in [4.78, 5) is 26.2. The van der Waals surface area contributed by atoms with Gasteiger partial charge in [-0.15, -0.1) is 0 Å². The molecule has 18 heavy (non-hydrogen) atoms. The molecule has 0 aliphatic carbocycles. The molecule has 2 heterocycles. The van der Waals surface area contributed by atoms with E-state index in [1.807, 2.05) is 0 Å². The summed E-state index contributed by atoms with van der Waals surface area (Å²) in [5.74, 6) is -0.442. The second kappa shape index (κ2) is 3.92. The molecule has 2 N–H and O–H groups in total. The van der Waals surface area contributed by atoms with E-state index < -0.39 is 5.97 Å². The number of fused-ring (bicyclic) bond motifs is 1. The SMILES string of the molecule is O=C(O)c1cccc2[nH]c(-c3cncnc3)nc12. The Kier molecular flexibility index (Phi) is 2.26. The van der Waals surface area contributed by atoms with Gasteiger partial charge in [0.15, 0.2) is 0 Å². The summed E-state index contributed by atoms with van der Waals surface area (Å²) in [7, 11) is 0. The number of carbonyl (C=O) groups is 1. The van der Waals surface area contributed by atoms with Gasteiger partial charge in [-0.2, -0.15) is 0 Å².